The van der Waals surface area contributed by atoms with Crippen LogP contribution in [0, 0.1) is 0 Å². The minimum atomic E-state index is 0.0106. The van der Waals surface area contributed by atoms with Crippen molar-refractivity contribution in [2.75, 3.05) is 11.1 Å². The van der Waals surface area contributed by atoms with E-state index in [0.29, 0.717) is 5.82 Å². The summed E-state index contributed by atoms with van der Waals surface area (Å²) in [6.07, 6.45) is 0. The van der Waals surface area contributed by atoms with Crippen LogP contribution in [-0.2, 0) is 0 Å². The summed E-state index contributed by atoms with van der Waals surface area (Å²) in [5.74, 6) is 0.966. The molecular weight excluding hydrogens is 284 g/mol. The second kappa shape index (κ2) is 5.58. The van der Waals surface area contributed by atoms with Crippen LogP contribution in [0.3, 0.4) is 0 Å². The monoisotopic (exact) mass is 298 g/mol. The van der Waals surface area contributed by atoms with Crippen molar-refractivity contribution in [2.24, 2.45) is 0 Å². The van der Waals surface area contributed by atoms with E-state index in [2.05, 4.69) is 15.3 Å². The molecule has 5 heteroatoms. The maximum absolute atomic E-state index is 6.24. The van der Waals surface area contributed by atoms with Crippen LogP contribution >= 0.6 is 11.6 Å². The minimum Gasteiger partial charge on any atom is -0.368 e. The summed E-state index contributed by atoms with van der Waals surface area (Å²) >= 11 is 6.24. The molecule has 106 valence electrons. The van der Waals surface area contributed by atoms with Crippen molar-refractivity contribution in [3.63, 3.8) is 0 Å². The molecule has 0 aliphatic rings. The Hall–Kier alpha value is -2.33. The summed E-state index contributed by atoms with van der Waals surface area (Å²) in [7, 11) is 0. The first-order valence-electron chi connectivity index (χ1n) is 6.68. The normalized spacial score (nSPS) is 12.3. The van der Waals surface area contributed by atoms with Gasteiger partial charge in [0.1, 0.15) is 5.82 Å². The van der Waals surface area contributed by atoms with E-state index in [-0.39, 0.29) is 12.0 Å². The molecule has 0 radical (unpaired) electrons. The summed E-state index contributed by atoms with van der Waals surface area (Å²) in [5.41, 5.74) is 7.61. The lowest BCUT2D eigenvalue weighted by atomic mass is 10.1. The maximum Gasteiger partial charge on any atom is 0.222 e. The van der Waals surface area contributed by atoms with Crippen molar-refractivity contribution < 1.29 is 0 Å². The van der Waals surface area contributed by atoms with Crippen molar-refractivity contribution in [3.05, 3.63) is 59.1 Å². The summed E-state index contributed by atoms with van der Waals surface area (Å²) in [4.78, 5) is 8.54. The minimum absolute atomic E-state index is 0.0106. The van der Waals surface area contributed by atoms with Gasteiger partial charge in [0.05, 0.1) is 11.6 Å². The molecule has 0 spiro atoms. The zero-order valence-electron chi connectivity index (χ0n) is 11.5. The summed E-state index contributed by atoms with van der Waals surface area (Å²) in [5, 5.41) is 5.03. The van der Waals surface area contributed by atoms with Gasteiger partial charge in [-0.05, 0) is 30.7 Å². The molecule has 1 aromatic heterocycles. The number of benzene rings is 2. The number of nitrogens with two attached hydrogens (primary N) is 1. The highest BCUT2D eigenvalue weighted by Gasteiger charge is 2.12. The van der Waals surface area contributed by atoms with Gasteiger partial charge in [-0.2, -0.15) is 4.98 Å². The summed E-state index contributed by atoms with van der Waals surface area (Å²) in [6, 6.07) is 15.5. The number of fused-ring (bicyclic) bond motifs is 1. The molecule has 3 rings (SSSR count). The van der Waals surface area contributed by atoms with Crippen LogP contribution in [0.1, 0.15) is 18.5 Å². The number of aromatic nitrogens is 2. The Morgan fingerprint density at radius 3 is 2.57 bits per heavy atom. The molecule has 0 amide bonds. The highest BCUT2D eigenvalue weighted by atomic mass is 35.5. The molecular formula is C16H15ClN4. The second-order valence-corrected chi connectivity index (χ2v) is 5.24. The first-order chi connectivity index (χ1) is 10.1. The lowest BCUT2D eigenvalue weighted by molar-refractivity contribution is 0.877. The quantitative estimate of drug-likeness (QED) is 0.766. The Balaban J connectivity index is 2.00. The topological polar surface area (TPSA) is 63.8 Å². The van der Waals surface area contributed by atoms with E-state index < -0.39 is 0 Å². The number of anilines is 2. The van der Waals surface area contributed by atoms with Gasteiger partial charge >= 0.3 is 0 Å². The highest BCUT2D eigenvalue weighted by Crippen LogP contribution is 2.28. The van der Waals surface area contributed by atoms with E-state index in [0.717, 1.165) is 21.5 Å². The van der Waals surface area contributed by atoms with Gasteiger partial charge in [-0.15, -0.1) is 0 Å². The van der Waals surface area contributed by atoms with Gasteiger partial charge < -0.3 is 11.1 Å². The Bertz CT molecular complexity index is 788. The highest BCUT2D eigenvalue weighted by molar-refractivity contribution is 6.31. The molecule has 0 aliphatic carbocycles. The van der Waals surface area contributed by atoms with Crippen molar-refractivity contribution in [2.45, 2.75) is 13.0 Å². The maximum atomic E-state index is 6.24. The largest absolute Gasteiger partial charge is 0.368 e. The first-order valence-corrected chi connectivity index (χ1v) is 7.06. The van der Waals surface area contributed by atoms with Crippen molar-refractivity contribution in [1.82, 2.24) is 9.97 Å². The average Bonchev–Trinajstić information content (AvgIpc) is 2.47. The van der Waals surface area contributed by atoms with Crippen molar-refractivity contribution >= 4 is 34.3 Å². The number of nitrogen functional groups attached to an aromatic ring is 1. The van der Waals surface area contributed by atoms with Gasteiger partial charge in [-0.25, -0.2) is 4.98 Å². The average molecular weight is 299 g/mol. The molecule has 1 atom stereocenters. The number of nitrogens with zero attached hydrogens (tertiary/aromatic N) is 2. The van der Waals surface area contributed by atoms with Crippen molar-refractivity contribution in [3.8, 4) is 0 Å². The molecule has 0 fully saturated rings. The van der Waals surface area contributed by atoms with Gasteiger partial charge in [0.15, 0.2) is 0 Å². The molecule has 1 heterocycles. The SMILES string of the molecule is CC(Nc1nc(N)nc2ccccc12)c1ccccc1Cl. The molecule has 3 N–H and O–H groups in total. The van der Waals surface area contributed by atoms with E-state index in [1.54, 1.807) is 0 Å². The number of hydrogen-bond donors (Lipinski definition) is 2. The van der Waals surface area contributed by atoms with Gasteiger partial charge in [0, 0.05) is 10.4 Å². The molecule has 4 nitrogen and oxygen atoms in total. The second-order valence-electron chi connectivity index (χ2n) is 4.84. The number of halogens is 1. The van der Waals surface area contributed by atoms with Crippen LogP contribution in [0.25, 0.3) is 10.9 Å². The molecule has 1 unspecified atom stereocenters. The Kier molecular flexibility index (Phi) is 3.62. The molecule has 0 bridgehead atoms. The Morgan fingerprint density at radius 2 is 1.76 bits per heavy atom. The van der Waals surface area contributed by atoms with E-state index in [1.807, 2.05) is 55.5 Å². The first kappa shape index (κ1) is 13.6. The third-order valence-corrected chi connectivity index (χ3v) is 3.69. The van der Waals surface area contributed by atoms with Crippen LogP contribution in [0.2, 0.25) is 5.02 Å². The molecule has 0 aliphatic heterocycles. The zero-order valence-corrected chi connectivity index (χ0v) is 12.3. The standard InChI is InChI=1S/C16H15ClN4/c1-10(11-6-2-4-8-13(11)17)19-15-12-7-3-5-9-14(12)20-16(18)21-15/h2-10H,1H3,(H3,18,19,20,21). The fourth-order valence-corrected chi connectivity index (χ4v) is 2.61. The zero-order chi connectivity index (χ0) is 14.8. The van der Waals surface area contributed by atoms with Crippen LogP contribution < -0.4 is 11.1 Å². The molecule has 3 aromatic rings. The van der Waals surface area contributed by atoms with E-state index in [1.165, 1.54) is 0 Å². The lowest BCUT2D eigenvalue weighted by Gasteiger charge is -2.17. The van der Waals surface area contributed by atoms with Crippen LogP contribution in [0.5, 0.6) is 0 Å². The lowest BCUT2D eigenvalue weighted by Crippen LogP contribution is -2.10. The van der Waals surface area contributed by atoms with Gasteiger partial charge in [-0.3, -0.25) is 0 Å². The van der Waals surface area contributed by atoms with Gasteiger partial charge in [-0.1, -0.05) is 41.9 Å². The summed E-state index contributed by atoms with van der Waals surface area (Å²) < 4.78 is 0. The molecule has 2 aromatic carbocycles. The Labute approximate surface area is 128 Å². The fourth-order valence-electron chi connectivity index (χ4n) is 2.31. The Morgan fingerprint density at radius 1 is 1.05 bits per heavy atom. The third-order valence-electron chi connectivity index (χ3n) is 3.35. The number of rotatable bonds is 3. The smallest absolute Gasteiger partial charge is 0.222 e. The van der Waals surface area contributed by atoms with Crippen LogP contribution in [-0.4, -0.2) is 9.97 Å². The number of nitrogens with one attached hydrogen (secondary N) is 1. The number of hydrogen-bond acceptors (Lipinski definition) is 4. The molecule has 21 heavy (non-hydrogen) atoms. The van der Waals surface area contributed by atoms with Crippen molar-refractivity contribution in [1.29, 1.82) is 0 Å². The number of para-hydroxylation sites is 1. The van der Waals surface area contributed by atoms with Gasteiger partial charge in [0.25, 0.3) is 0 Å². The van der Waals surface area contributed by atoms with Crippen LogP contribution in [0.4, 0.5) is 11.8 Å². The third kappa shape index (κ3) is 2.76. The summed E-state index contributed by atoms with van der Waals surface area (Å²) in [6.45, 7) is 2.04. The van der Waals surface area contributed by atoms with Gasteiger partial charge in [0.2, 0.25) is 5.95 Å². The van der Waals surface area contributed by atoms with E-state index in [9.17, 15) is 0 Å². The molecule has 0 saturated heterocycles. The molecule has 0 saturated carbocycles. The predicted molar refractivity (Wildman–Crippen MR) is 87.4 cm³/mol. The van der Waals surface area contributed by atoms with E-state index >= 15 is 0 Å². The fraction of sp³-hybridized carbons (Fsp3) is 0.125. The predicted octanol–water partition coefficient (Wildman–Crippen LogP) is 4.04. The van der Waals surface area contributed by atoms with Crippen LogP contribution in [0.15, 0.2) is 48.5 Å². The van der Waals surface area contributed by atoms with E-state index in [4.69, 9.17) is 17.3 Å².